The first-order chi connectivity index (χ1) is 25.0. The van der Waals surface area contributed by atoms with E-state index in [2.05, 4.69) is 45.8 Å². The Hall–Kier alpha value is -5.65. The lowest BCUT2D eigenvalue weighted by atomic mass is 10.1. The molecule has 23 nitrogen and oxygen atoms in total. The van der Waals surface area contributed by atoms with Crippen LogP contribution in [0.3, 0.4) is 0 Å². The normalized spacial score (nSPS) is 12.8. The van der Waals surface area contributed by atoms with Gasteiger partial charge in [-0.2, -0.15) is 53.7 Å². The van der Waals surface area contributed by atoms with Gasteiger partial charge in [0.2, 0.25) is 17.2 Å². The van der Waals surface area contributed by atoms with Crippen LogP contribution in [0, 0.1) is 0 Å². The van der Waals surface area contributed by atoms with Gasteiger partial charge in [0, 0.05) is 5.39 Å². The summed E-state index contributed by atoms with van der Waals surface area (Å²) in [6.45, 7) is 0. The maximum atomic E-state index is 12.4. The zero-order valence-corrected chi connectivity index (χ0v) is 29.9. The molecular weight excluding hydrogens is 826 g/mol. The average Bonchev–Trinajstić information content (AvgIpc) is 3.41. The van der Waals surface area contributed by atoms with E-state index in [0.717, 1.165) is 12.1 Å². The highest BCUT2D eigenvalue weighted by molar-refractivity contribution is 7.86. The van der Waals surface area contributed by atoms with Crippen LogP contribution in [0.2, 0.25) is 5.28 Å². The van der Waals surface area contributed by atoms with E-state index in [0.29, 0.717) is 29.8 Å². The minimum atomic E-state index is -5.24. The Balaban J connectivity index is 1.51. The summed E-state index contributed by atoms with van der Waals surface area (Å²) in [5.74, 6) is -2.32. The Morgan fingerprint density at radius 3 is 1.83 bits per heavy atom. The minimum Gasteiger partial charge on any atom is -0.505 e. The Morgan fingerprint density at radius 1 is 0.630 bits per heavy atom. The van der Waals surface area contributed by atoms with Crippen molar-refractivity contribution >= 4 is 109 Å². The van der Waals surface area contributed by atoms with Crippen molar-refractivity contribution in [1.82, 2.24) is 24.9 Å². The van der Waals surface area contributed by atoms with Crippen LogP contribution < -0.4 is 16.3 Å². The van der Waals surface area contributed by atoms with Crippen LogP contribution in [-0.2, 0) is 40.5 Å². The average molecular weight is 844 g/mol. The third-order valence-corrected chi connectivity index (χ3v) is 10.7. The van der Waals surface area contributed by atoms with Gasteiger partial charge in [0.25, 0.3) is 40.5 Å². The zero-order chi connectivity index (χ0) is 39.5. The molecule has 0 saturated heterocycles. The number of halogens is 1. The summed E-state index contributed by atoms with van der Waals surface area (Å²) in [5, 5.41) is 22.3. The van der Waals surface area contributed by atoms with Gasteiger partial charge >= 0.3 is 5.69 Å². The number of nitrogens with one attached hydrogen (secondary N) is 4. The number of azo groups is 1. The van der Waals surface area contributed by atoms with Crippen molar-refractivity contribution in [3.63, 3.8) is 0 Å². The number of hydrogen-bond donors (Lipinski definition) is 9. The SMILES string of the molecule is O=c1[nH]c2ccc(N=Nc3c(S(=O)(=O)O)cc4cc(S(=O)(=O)O)cc(Nc5nc(Cl)nc(Nc6cc(S(=O)(=O)O)ccc6S(=O)(=O)O)n5)c4c3O)cc2[nH]1. The van der Waals surface area contributed by atoms with Gasteiger partial charge < -0.3 is 25.7 Å². The Morgan fingerprint density at radius 2 is 1.22 bits per heavy atom. The molecule has 0 fully saturated rings. The van der Waals surface area contributed by atoms with E-state index >= 15 is 0 Å². The van der Waals surface area contributed by atoms with Gasteiger partial charge in [-0.05, 0) is 71.6 Å². The van der Waals surface area contributed by atoms with Crippen molar-refractivity contribution in [2.75, 3.05) is 10.6 Å². The highest BCUT2D eigenvalue weighted by atomic mass is 35.5. The molecule has 0 unspecified atom stereocenters. The van der Waals surface area contributed by atoms with E-state index in [1.807, 2.05) is 0 Å². The number of imidazole rings is 1. The second-order valence-electron chi connectivity index (χ2n) is 10.7. The van der Waals surface area contributed by atoms with Gasteiger partial charge in [0.05, 0.1) is 37.9 Å². The minimum absolute atomic E-state index is 0.0257. The first-order valence-corrected chi connectivity index (χ1v) is 20.1. The Kier molecular flexibility index (Phi) is 9.40. The standard InChI is InChI=1S/C26H18ClN9O14S4/c27-23-32-24(28-16-8-12(51(39,40)41)2-4-18(16)53(45,46)47)34-25(33-23)29-17-9-13(52(42,43)44)5-10-6-19(54(48,49)50)21(22(37)20(10)17)36-35-11-1-3-14-15(7-11)31-26(38)30-14/h1-9,37H,(H2,30,31,38)(H,39,40,41)(H,42,43,44)(H,45,46,47)(H,48,49,50)(H2,28,29,32,33,34). The fourth-order valence-corrected chi connectivity index (χ4v) is 7.38. The molecule has 0 spiro atoms. The van der Waals surface area contributed by atoms with Gasteiger partial charge in [-0.3, -0.25) is 18.2 Å². The molecule has 0 aliphatic rings. The molecule has 0 atom stereocenters. The lowest BCUT2D eigenvalue weighted by Gasteiger charge is -2.15. The molecule has 9 N–H and O–H groups in total. The van der Waals surface area contributed by atoms with E-state index in [4.69, 9.17) is 11.6 Å². The summed E-state index contributed by atoms with van der Waals surface area (Å²) in [6.07, 6.45) is 0. The summed E-state index contributed by atoms with van der Waals surface area (Å²) in [4.78, 5) is 24.4. The van der Waals surface area contributed by atoms with Gasteiger partial charge in [0.15, 0.2) is 5.75 Å². The molecule has 0 aliphatic carbocycles. The molecule has 6 rings (SSSR count). The molecule has 0 saturated carbocycles. The summed E-state index contributed by atoms with van der Waals surface area (Å²) >= 11 is 6.03. The van der Waals surface area contributed by atoms with E-state index in [-0.39, 0.29) is 11.2 Å². The molecular formula is C26H18ClN9O14S4. The number of nitrogens with zero attached hydrogens (tertiary/aromatic N) is 5. The van der Waals surface area contributed by atoms with Crippen LogP contribution in [-0.4, -0.2) is 81.9 Å². The molecule has 4 aromatic carbocycles. The highest BCUT2D eigenvalue weighted by Crippen LogP contribution is 2.46. The van der Waals surface area contributed by atoms with Gasteiger partial charge in [0.1, 0.15) is 15.5 Å². The number of H-pyrrole nitrogens is 2. The lowest BCUT2D eigenvalue weighted by molar-refractivity contribution is 0.472. The number of phenols is 1. The predicted octanol–water partition coefficient (Wildman–Crippen LogP) is 3.44. The first kappa shape index (κ1) is 38.1. The number of rotatable bonds is 10. The topological polar surface area (TPSA) is 374 Å². The van der Waals surface area contributed by atoms with Gasteiger partial charge in [-0.1, -0.05) is 0 Å². The fraction of sp³-hybridized carbons (Fsp3) is 0. The monoisotopic (exact) mass is 843 g/mol. The second kappa shape index (κ2) is 13.3. The molecule has 28 heteroatoms. The van der Waals surface area contributed by atoms with Crippen LogP contribution in [0.1, 0.15) is 0 Å². The van der Waals surface area contributed by atoms with E-state index < -0.39 is 117 Å². The van der Waals surface area contributed by atoms with E-state index in [1.165, 1.54) is 18.2 Å². The summed E-state index contributed by atoms with van der Waals surface area (Å²) in [7, 11) is -20.3. The van der Waals surface area contributed by atoms with E-state index in [1.54, 1.807) is 0 Å². The molecule has 2 aromatic heterocycles. The Bertz CT molecular complexity index is 3120. The van der Waals surface area contributed by atoms with Crippen LogP contribution >= 0.6 is 11.6 Å². The summed E-state index contributed by atoms with van der Waals surface area (Å²) in [5.41, 5.74) is -1.90. The van der Waals surface area contributed by atoms with Gasteiger partial charge in [-0.25, -0.2) is 4.79 Å². The number of aromatic hydroxyl groups is 1. The molecule has 0 radical (unpaired) electrons. The maximum absolute atomic E-state index is 12.4. The van der Waals surface area contributed by atoms with Crippen LogP contribution in [0.5, 0.6) is 5.75 Å². The third-order valence-electron chi connectivity index (χ3n) is 7.09. The fourth-order valence-electron chi connectivity index (χ4n) is 4.89. The number of hydrogen-bond acceptors (Lipinski definition) is 17. The summed E-state index contributed by atoms with van der Waals surface area (Å²) < 4.78 is 136. The number of anilines is 4. The summed E-state index contributed by atoms with van der Waals surface area (Å²) in [6, 6.07) is 8.19. The van der Waals surface area contributed by atoms with Crippen LogP contribution in [0.4, 0.5) is 34.6 Å². The van der Waals surface area contributed by atoms with Crippen molar-refractivity contribution < 1.29 is 57.0 Å². The van der Waals surface area contributed by atoms with Crippen LogP contribution in [0.25, 0.3) is 21.8 Å². The van der Waals surface area contributed by atoms with Crippen molar-refractivity contribution in [2.24, 2.45) is 10.2 Å². The number of phenolic OH excluding ortho intramolecular Hbond substituents is 1. The molecule has 0 amide bonds. The molecule has 2 heterocycles. The number of aromatic nitrogens is 5. The third kappa shape index (κ3) is 7.97. The molecule has 0 aliphatic heterocycles. The highest BCUT2D eigenvalue weighted by Gasteiger charge is 2.26. The van der Waals surface area contributed by atoms with Gasteiger partial charge in [-0.15, -0.1) is 5.11 Å². The zero-order valence-electron chi connectivity index (χ0n) is 25.9. The molecule has 54 heavy (non-hydrogen) atoms. The van der Waals surface area contributed by atoms with Crippen molar-refractivity contribution in [3.8, 4) is 5.75 Å². The quantitative estimate of drug-likeness (QED) is 0.0704. The van der Waals surface area contributed by atoms with E-state index in [9.17, 15) is 61.8 Å². The Labute approximate surface area is 305 Å². The number of aromatic amines is 2. The first-order valence-electron chi connectivity index (χ1n) is 13.9. The van der Waals surface area contributed by atoms with Crippen molar-refractivity contribution in [2.45, 2.75) is 19.6 Å². The van der Waals surface area contributed by atoms with Crippen LogP contribution in [0.15, 0.2) is 89.2 Å². The lowest BCUT2D eigenvalue weighted by Crippen LogP contribution is -2.09. The predicted molar refractivity (Wildman–Crippen MR) is 186 cm³/mol. The molecule has 282 valence electrons. The molecule has 0 bridgehead atoms. The second-order valence-corrected chi connectivity index (χ2v) is 16.7. The maximum Gasteiger partial charge on any atom is 0.323 e. The van der Waals surface area contributed by atoms with Crippen molar-refractivity contribution in [1.29, 1.82) is 0 Å². The molecule has 6 aromatic rings. The number of fused-ring (bicyclic) bond motifs is 2. The van der Waals surface area contributed by atoms with Crippen molar-refractivity contribution in [3.05, 3.63) is 70.4 Å². The number of benzene rings is 4. The largest absolute Gasteiger partial charge is 0.505 e. The smallest absolute Gasteiger partial charge is 0.323 e.